The third-order valence-corrected chi connectivity index (χ3v) is 5.04. The third-order valence-electron chi connectivity index (χ3n) is 3.19. The van der Waals surface area contributed by atoms with Crippen molar-refractivity contribution in [2.45, 2.75) is 11.3 Å². The average molecular weight is 362 g/mol. The number of carbonyl (C=O) groups is 1. The first kappa shape index (κ1) is 16.4. The van der Waals surface area contributed by atoms with Gasteiger partial charge in [-0.15, -0.1) is 11.3 Å². The van der Waals surface area contributed by atoms with E-state index in [4.69, 9.17) is 5.14 Å². The van der Waals surface area contributed by atoms with Crippen molar-refractivity contribution in [3.05, 3.63) is 53.7 Å². The van der Waals surface area contributed by atoms with Crippen LogP contribution in [-0.2, 0) is 21.2 Å². The molecule has 2 heterocycles. The Morgan fingerprint density at radius 2 is 2.00 bits per heavy atom. The molecule has 9 heteroatoms. The van der Waals surface area contributed by atoms with Crippen LogP contribution in [0.1, 0.15) is 5.69 Å². The van der Waals surface area contributed by atoms with Gasteiger partial charge in [0.2, 0.25) is 15.9 Å². The molecule has 0 aliphatic rings. The number of carbonyl (C=O) groups excluding carboxylic acids is 1. The molecule has 3 rings (SSSR count). The molecule has 4 N–H and O–H groups in total. The molecule has 0 atom stereocenters. The molecule has 0 aliphatic heterocycles. The fourth-order valence-corrected chi connectivity index (χ4v) is 3.40. The number of aromatic amines is 1. The van der Waals surface area contributed by atoms with Gasteiger partial charge < -0.3 is 10.3 Å². The number of amides is 1. The largest absolute Gasteiger partial charge is 0.359 e. The van der Waals surface area contributed by atoms with Crippen LogP contribution < -0.4 is 10.5 Å². The number of rotatable bonds is 5. The van der Waals surface area contributed by atoms with Crippen LogP contribution in [0, 0.1) is 0 Å². The van der Waals surface area contributed by atoms with Crippen LogP contribution in [0.2, 0.25) is 0 Å². The second-order valence-corrected chi connectivity index (χ2v) is 7.44. The molecule has 0 bridgehead atoms. The number of nitrogens with two attached hydrogens (primary N) is 1. The molecular formula is C15H14N4O3S2. The molecule has 0 aliphatic carbocycles. The van der Waals surface area contributed by atoms with E-state index < -0.39 is 10.0 Å². The maximum absolute atomic E-state index is 12.1. The van der Waals surface area contributed by atoms with Gasteiger partial charge in [0.25, 0.3) is 0 Å². The van der Waals surface area contributed by atoms with Gasteiger partial charge in [-0.3, -0.25) is 4.79 Å². The molecule has 124 valence electrons. The summed E-state index contributed by atoms with van der Waals surface area (Å²) in [6, 6.07) is 9.46. The number of H-pyrrole nitrogens is 1. The highest BCUT2D eigenvalue weighted by molar-refractivity contribution is 7.89. The number of nitrogens with zero attached hydrogens (tertiary/aromatic N) is 1. The van der Waals surface area contributed by atoms with Gasteiger partial charge in [-0.05, 0) is 36.4 Å². The maximum Gasteiger partial charge on any atom is 0.238 e. The van der Waals surface area contributed by atoms with E-state index in [1.165, 1.54) is 35.6 Å². The molecule has 24 heavy (non-hydrogen) atoms. The van der Waals surface area contributed by atoms with Crippen LogP contribution in [0.3, 0.4) is 0 Å². The van der Waals surface area contributed by atoms with Crippen molar-refractivity contribution in [2.75, 3.05) is 5.32 Å². The monoisotopic (exact) mass is 362 g/mol. The third kappa shape index (κ3) is 3.88. The fraction of sp³-hybridized carbons (Fsp3) is 0.0667. The molecule has 0 fully saturated rings. The molecule has 0 radical (unpaired) electrons. The van der Waals surface area contributed by atoms with Crippen molar-refractivity contribution < 1.29 is 13.2 Å². The topological polar surface area (TPSA) is 118 Å². The summed E-state index contributed by atoms with van der Waals surface area (Å²) in [5, 5.41) is 10.4. The summed E-state index contributed by atoms with van der Waals surface area (Å²) in [5.41, 5.74) is 2.07. The molecule has 3 aromatic rings. The first-order valence-corrected chi connectivity index (χ1v) is 9.35. The highest BCUT2D eigenvalue weighted by Crippen LogP contribution is 2.22. The summed E-state index contributed by atoms with van der Waals surface area (Å²) in [6.07, 6.45) is 1.95. The van der Waals surface area contributed by atoms with Gasteiger partial charge in [0, 0.05) is 17.3 Å². The van der Waals surface area contributed by atoms with Crippen LogP contribution in [0.4, 0.5) is 5.69 Å². The van der Waals surface area contributed by atoms with Gasteiger partial charge in [-0.2, -0.15) is 0 Å². The molecule has 1 amide bonds. The Balaban J connectivity index is 1.64. The van der Waals surface area contributed by atoms with E-state index in [1.54, 1.807) is 0 Å². The number of aromatic nitrogens is 2. The Bertz CT molecular complexity index is 945. The van der Waals surface area contributed by atoms with E-state index in [9.17, 15) is 13.2 Å². The zero-order valence-electron chi connectivity index (χ0n) is 12.4. The summed E-state index contributed by atoms with van der Waals surface area (Å²) >= 11 is 1.46. The molecule has 2 aromatic heterocycles. The van der Waals surface area contributed by atoms with E-state index in [0.29, 0.717) is 11.4 Å². The van der Waals surface area contributed by atoms with Crippen LogP contribution in [0.15, 0.2) is 52.9 Å². The van der Waals surface area contributed by atoms with Crippen molar-refractivity contribution in [3.8, 4) is 10.7 Å². The molecule has 0 saturated heterocycles. The Hall–Kier alpha value is -2.49. The number of nitrogens with one attached hydrogen (secondary N) is 2. The Labute approximate surface area is 142 Å². The van der Waals surface area contributed by atoms with E-state index >= 15 is 0 Å². The number of primary sulfonamides is 1. The number of thiazole rings is 1. The Morgan fingerprint density at radius 3 is 2.62 bits per heavy atom. The summed E-state index contributed by atoms with van der Waals surface area (Å²) in [7, 11) is -3.74. The Morgan fingerprint density at radius 1 is 1.25 bits per heavy atom. The van der Waals surface area contributed by atoms with E-state index in [2.05, 4.69) is 15.3 Å². The lowest BCUT2D eigenvalue weighted by Gasteiger charge is -2.05. The summed E-state index contributed by atoms with van der Waals surface area (Å²) in [6.45, 7) is 0. The van der Waals surface area contributed by atoms with Crippen LogP contribution in [-0.4, -0.2) is 24.3 Å². The van der Waals surface area contributed by atoms with E-state index in [-0.39, 0.29) is 17.2 Å². The minimum Gasteiger partial charge on any atom is -0.359 e. The van der Waals surface area contributed by atoms with Crippen LogP contribution in [0.5, 0.6) is 0 Å². The van der Waals surface area contributed by atoms with Crippen LogP contribution >= 0.6 is 11.3 Å². The number of hydrogen-bond acceptors (Lipinski definition) is 5. The number of anilines is 1. The van der Waals surface area contributed by atoms with Crippen molar-refractivity contribution in [1.29, 1.82) is 0 Å². The van der Waals surface area contributed by atoms with E-state index in [1.807, 2.05) is 23.7 Å². The first-order chi connectivity index (χ1) is 11.4. The normalized spacial score (nSPS) is 11.4. The quantitative estimate of drug-likeness (QED) is 0.643. The lowest BCUT2D eigenvalue weighted by Crippen LogP contribution is -2.15. The van der Waals surface area contributed by atoms with Gasteiger partial charge in [-0.25, -0.2) is 18.5 Å². The minimum atomic E-state index is -3.74. The van der Waals surface area contributed by atoms with Gasteiger partial charge in [0.15, 0.2) is 0 Å². The standard InChI is InChI=1S/C15H14N4O3S2/c16-24(21,22)12-5-3-10(4-6-12)18-14(20)8-11-9-23-15(19-11)13-2-1-7-17-13/h1-7,9,17H,8H2,(H,18,20)(H2,16,21,22). The lowest BCUT2D eigenvalue weighted by molar-refractivity contribution is -0.115. The first-order valence-electron chi connectivity index (χ1n) is 6.93. The highest BCUT2D eigenvalue weighted by atomic mass is 32.2. The minimum absolute atomic E-state index is 0.00408. The lowest BCUT2D eigenvalue weighted by atomic mass is 10.3. The van der Waals surface area contributed by atoms with Gasteiger partial charge >= 0.3 is 0 Å². The molecular weight excluding hydrogens is 348 g/mol. The van der Waals surface area contributed by atoms with Crippen molar-refractivity contribution >= 4 is 33.0 Å². The van der Waals surface area contributed by atoms with Crippen molar-refractivity contribution in [2.24, 2.45) is 5.14 Å². The molecule has 0 saturated carbocycles. The smallest absolute Gasteiger partial charge is 0.238 e. The molecule has 1 aromatic carbocycles. The van der Waals surface area contributed by atoms with Crippen molar-refractivity contribution in [1.82, 2.24) is 9.97 Å². The van der Waals surface area contributed by atoms with Gasteiger partial charge in [0.1, 0.15) is 5.01 Å². The maximum atomic E-state index is 12.1. The molecule has 0 spiro atoms. The summed E-state index contributed by atoms with van der Waals surface area (Å²) < 4.78 is 22.4. The Kier molecular flexibility index (Phi) is 4.47. The number of benzene rings is 1. The predicted octanol–water partition coefficient (Wildman–Crippen LogP) is 1.97. The second-order valence-electron chi connectivity index (χ2n) is 5.02. The van der Waals surface area contributed by atoms with Gasteiger partial charge in [-0.1, -0.05) is 0 Å². The zero-order valence-corrected chi connectivity index (χ0v) is 14.0. The highest BCUT2D eigenvalue weighted by Gasteiger charge is 2.11. The van der Waals surface area contributed by atoms with E-state index in [0.717, 1.165) is 10.7 Å². The average Bonchev–Trinajstić information content (AvgIpc) is 3.17. The van der Waals surface area contributed by atoms with Crippen molar-refractivity contribution in [3.63, 3.8) is 0 Å². The zero-order chi connectivity index (χ0) is 17.2. The second kappa shape index (κ2) is 6.56. The summed E-state index contributed by atoms with van der Waals surface area (Å²) in [4.78, 5) is 19.5. The number of sulfonamides is 1. The molecule has 7 nitrogen and oxygen atoms in total. The number of hydrogen-bond donors (Lipinski definition) is 3. The van der Waals surface area contributed by atoms with Gasteiger partial charge in [0.05, 0.1) is 22.7 Å². The molecule has 0 unspecified atom stereocenters. The van der Waals surface area contributed by atoms with Crippen LogP contribution in [0.25, 0.3) is 10.7 Å². The summed E-state index contributed by atoms with van der Waals surface area (Å²) in [5.74, 6) is -0.235. The predicted molar refractivity (Wildman–Crippen MR) is 92.0 cm³/mol. The SMILES string of the molecule is NS(=O)(=O)c1ccc(NC(=O)Cc2csc(-c3ccc[nH]3)n2)cc1. The fourth-order valence-electron chi connectivity index (χ4n) is 2.07.